The summed E-state index contributed by atoms with van der Waals surface area (Å²) in [7, 11) is 1.61. The maximum Gasteiger partial charge on any atom is 0.200 e. The third-order valence-corrected chi connectivity index (χ3v) is 5.72. The molecular weight excluding hydrogens is 354 g/mol. The number of phenols is 1. The lowest BCUT2D eigenvalue weighted by Crippen LogP contribution is -2.36. The quantitative estimate of drug-likeness (QED) is 0.721. The Labute approximate surface area is 164 Å². The first-order valence-corrected chi connectivity index (χ1v) is 9.73. The van der Waals surface area contributed by atoms with Crippen LogP contribution in [-0.2, 0) is 6.54 Å². The zero-order valence-corrected chi connectivity index (χ0v) is 16.3. The van der Waals surface area contributed by atoms with E-state index in [1.54, 1.807) is 19.2 Å². The van der Waals surface area contributed by atoms with Gasteiger partial charge in [0.2, 0.25) is 5.43 Å². The first kappa shape index (κ1) is 18.6. The molecule has 0 radical (unpaired) electrons. The van der Waals surface area contributed by atoms with E-state index in [0.717, 1.165) is 30.7 Å². The molecule has 5 nitrogen and oxygen atoms in total. The molecule has 0 amide bonds. The van der Waals surface area contributed by atoms with E-state index < -0.39 is 0 Å². The molecule has 3 aromatic rings. The van der Waals surface area contributed by atoms with Crippen molar-refractivity contribution in [1.29, 1.82) is 0 Å². The van der Waals surface area contributed by atoms with Gasteiger partial charge in [0.15, 0.2) is 0 Å². The third-order valence-electron chi connectivity index (χ3n) is 5.72. The van der Waals surface area contributed by atoms with Crippen LogP contribution in [0.1, 0.15) is 31.7 Å². The summed E-state index contributed by atoms with van der Waals surface area (Å²) < 4.78 is 11.1. The molecule has 28 heavy (non-hydrogen) atoms. The van der Waals surface area contributed by atoms with Crippen LogP contribution in [0.5, 0.6) is 11.5 Å². The summed E-state index contributed by atoms with van der Waals surface area (Å²) in [6, 6.07) is 11.0. The van der Waals surface area contributed by atoms with Crippen molar-refractivity contribution in [3.05, 3.63) is 58.4 Å². The van der Waals surface area contributed by atoms with Gasteiger partial charge >= 0.3 is 0 Å². The third kappa shape index (κ3) is 3.38. The zero-order chi connectivity index (χ0) is 19.7. The number of ether oxygens (including phenoxy) is 1. The average molecular weight is 379 g/mol. The Bertz CT molecular complexity index is 1040. The van der Waals surface area contributed by atoms with E-state index in [1.165, 1.54) is 12.7 Å². The van der Waals surface area contributed by atoms with Gasteiger partial charge in [0.05, 0.1) is 23.6 Å². The van der Waals surface area contributed by atoms with Crippen LogP contribution in [0.4, 0.5) is 0 Å². The van der Waals surface area contributed by atoms with Crippen molar-refractivity contribution >= 4 is 11.0 Å². The highest BCUT2D eigenvalue weighted by Crippen LogP contribution is 2.31. The van der Waals surface area contributed by atoms with Gasteiger partial charge in [0.25, 0.3) is 0 Å². The molecule has 1 fully saturated rings. The first-order chi connectivity index (χ1) is 13.6. The Kier molecular flexibility index (Phi) is 5.09. The lowest BCUT2D eigenvalue weighted by atomic mass is 10.0. The molecule has 1 N–H and O–H groups in total. The molecule has 4 rings (SSSR count). The van der Waals surface area contributed by atoms with Crippen LogP contribution in [0, 0.1) is 0 Å². The smallest absolute Gasteiger partial charge is 0.200 e. The van der Waals surface area contributed by atoms with Crippen molar-refractivity contribution < 1.29 is 14.3 Å². The number of methoxy groups -OCH3 is 1. The summed E-state index contributed by atoms with van der Waals surface area (Å²) in [5.41, 5.74) is 2.33. The van der Waals surface area contributed by atoms with Gasteiger partial charge in [-0.25, -0.2) is 0 Å². The molecule has 5 heteroatoms. The van der Waals surface area contributed by atoms with Crippen molar-refractivity contribution in [3.8, 4) is 22.6 Å². The highest BCUT2D eigenvalue weighted by molar-refractivity contribution is 5.85. The molecule has 0 bridgehead atoms. The number of rotatable bonds is 4. The van der Waals surface area contributed by atoms with E-state index in [2.05, 4.69) is 11.8 Å². The molecule has 1 aliphatic rings. The number of hydrogen-bond acceptors (Lipinski definition) is 5. The second kappa shape index (κ2) is 7.68. The topological polar surface area (TPSA) is 62.9 Å². The largest absolute Gasteiger partial charge is 0.507 e. The fourth-order valence-electron chi connectivity index (χ4n) is 3.97. The van der Waals surface area contributed by atoms with E-state index in [0.29, 0.717) is 34.7 Å². The summed E-state index contributed by atoms with van der Waals surface area (Å²) in [4.78, 5) is 15.5. The molecule has 0 spiro atoms. The number of phenolic OH excluding ortho intramolecular Hbond substituents is 1. The Morgan fingerprint density at radius 2 is 1.96 bits per heavy atom. The second-order valence-corrected chi connectivity index (χ2v) is 7.46. The van der Waals surface area contributed by atoms with E-state index in [4.69, 9.17) is 9.15 Å². The molecule has 0 unspecified atom stereocenters. The Hall–Kier alpha value is -2.79. The molecule has 2 aromatic carbocycles. The predicted molar refractivity (Wildman–Crippen MR) is 110 cm³/mol. The number of benzene rings is 2. The van der Waals surface area contributed by atoms with Gasteiger partial charge in [0, 0.05) is 12.6 Å². The zero-order valence-electron chi connectivity index (χ0n) is 16.3. The number of fused-ring (bicyclic) bond motifs is 1. The lowest BCUT2D eigenvalue weighted by Gasteiger charge is -2.33. The van der Waals surface area contributed by atoms with Gasteiger partial charge < -0.3 is 14.3 Å². The van der Waals surface area contributed by atoms with Crippen LogP contribution in [0.15, 0.2) is 51.9 Å². The normalized spacial score (nSPS) is 17.7. The molecule has 0 aliphatic carbocycles. The summed E-state index contributed by atoms with van der Waals surface area (Å²) in [5.74, 6) is 0.905. The van der Waals surface area contributed by atoms with Crippen LogP contribution in [0.3, 0.4) is 0 Å². The number of nitrogens with zero attached hydrogens (tertiary/aromatic N) is 1. The molecule has 1 aliphatic heterocycles. The van der Waals surface area contributed by atoms with Gasteiger partial charge in [0.1, 0.15) is 23.3 Å². The SMILES string of the molecule is COc1ccc(-c2coc3c(CN4CCCC[C@@H]4C)c(O)ccc3c2=O)cc1. The molecule has 1 atom stereocenters. The van der Waals surface area contributed by atoms with Gasteiger partial charge in [-0.05, 0) is 56.1 Å². The molecular formula is C23H25NO4. The van der Waals surface area contributed by atoms with Crippen molar-refractivity contribution in [1.82, 2.24) is 4.90 Å². The van der Waals surface area contributed by atoms with Crippen molar-refractivity contribution in [2.45, 2.75) is 38.8 Å². The van der Waals surface area contributed by atoms with Crippen LogP contribution in [0.25, 0.3) is 22.1 Å². The molecule has 1 saturated heterocycles. The van der Waals surface area contributed by atoms with E-state index >= 15 is 0 Å². The maximum atomic E-state index is 13.1. The van der Waals surface area contributed by atoms with E-state index in [9.17, 15) is 9.90 Å². The monoisotopic (exact) mass is 379 g/mol. The first-order valence-electron chi connectivity index (χ1n) is 9.73. The molecule has 0 saturated carbocycles. The molecule has 2 heterocycles. The second-order valence-electron chi connectivity index (χ2n) is 7.46. The average Bonchev–Trinajstić information content (AvgIpc) is 2.72. The van der Waals surface area contributed by atoms with Gasteiger partial charge in [-0.2, -0.15) is 0 Å². The fourth-order valence-corrected chi connectivity index (χ4v) is 3.97. The minimum absolute atomic E-state index is 0.0978. The number of likely N-dealkylation sites (tertiary alicyclic amines) is 1. The highest BCUT2D eigenvalue weighted by atomic mass is 16.5. The minimum Gasteiger partial charge on any atom is -0.507 e. The van der Waals surface area contributed by atoms with Crippen LogP contribution >= 0.6 is 0 Å². The lowest BCUT2D eigenvalue weighted by molar-refractivity contribution is 0.151. The van der Waals surface area contributed by atoms with Crippen molar-refractivity contribution in [2.75, 3.05) is 13.7 Å². The van der Waals surface area contributed by atoms with Gasteiger partial charge in [-0.15, -0.1) is 0 Å². The Morgan fingerprint density at radius 3 is 2.68 bits per heavy atom. The van der Waals surface area contributed by atoms with Crippen molar-refractivity contribution in [3.63, 3.8) is 0 Å². The van der Waals surface area contributed by atoms with Crippen LogP contribution < -0.4 is 10.2 Å². The summed E-state index contributed by atoms with van der Waals surface area (Å²) >= 11 is 0. The van der Waals surface area contributed by atoms with Crippen LogP contribution in [0.2, 0.25) is 0 Å². The minimum atomic E-state index is -0.0978. The Balaban J connectivity index is 1.77. The number of hydrogen-bond donors (Lipinski definition) is 1. The van der Waals surface area contributed by atoms with Gasteiger partial charge in [-0.1, -0.05) is 18.6 Å². The number of aromatic hydroxyl groups is 1. The predicted octanol–water partition coefficient (Wildman–Crippen LogP) is 4.55. The molecule has 146 valence electrons. The fraction of sp³-hybridized carbons (Fsp3) is 0.348. The standard InChI is InChI=1S/C23H25NO4/c1-15-5-3-4-12-24(15)13-19-21(25)11-10-18-22(26)20(14-28-23(18)19)16-6-8-17(27-2)9-7-16/h6-11,14-15,25H,3-5,12-13H2,1-2H3/t15-/m0/s1. The summed E-state index contributed by atoms with van der Waals surface area (Å²) in [6.45, 7) is 3.78. The van der Waals surface area contributed by atoms with E-state index in [1.807, 2.05) is 24.3 Å². The van der Waals surface area contributed by atoms with E-state index in [-0.39, 0.29) is 11.2 Å². The summed E-state index contributed by atoms with van der Waals surface area (Å²) in [6.07, 6.45) is 5.03. The highest BCUT2D eigenvalue weighted by Gasteiger charge is 2.22. The van der Waals surface area contributed by atoms with Crippen molar-refractivity contribution in [2.24, 2.45) is 0 Å². The van der Waals surface area contributed by atoms with Crippen LogP contribution in [-0.4, -0.2) is 29.7 Å². The summed E-state index contributed by atoms with van der Waals surface area (Å²) in [5, 5.41) is 10.9. The number of piperidine rings is 1. The maximum absolute atomic E-state index is 13.1. The molecule has 1 aromatic heterocycles. The Morgan fingerprint density at radius 1 is 1.18 bits per heavy atom. The van der Waals surface area contributed by atoms with Gasteiger partial charge in [-0.3, -0.25) is 9.69 Å².